The summed E-state index contributed by atoms with van der Waals surface area (Å²) in [6.07, 6.45) is 5.49. The van der Waals surface area contributed by atoms with E-state index in [1.807, 2.05) is 12.1 Å². The standard InChI is InChI=1S/C20H23N5O4/c26-19(20(27)23-17-1-3-18(4-2-17)25(28)29)22-13-15-7-11-24(12-8-15)14-16-5-9-21-10-6-16/h1-6,9-10,15H,7-8,11-14H2,(H,22,26)(H,23,27). The van der Waals surface area contributed by atoms with Crippen molar-refractivity contribution in [3.8, 4) is 0 Å². The highest BCUT2D eigenvalue weighted by molar-refractivity contribution is 6.39. The first kappa shape index (κ1) is 20.4. The van der Waals surface area contributed by atoms with Gasteiger partial charge in [0.2, 0.25) is 0 Å². The zero-order valence-electron chi connectivity index (χ0n) is 15.9. The number of aromatic nitrogens is 1. The van der Waals surface area contributed by atoms with Crippen LogP contribution < -0.4 is 10.6 Å². The molecule has 29 heavy (non-hydrogen) atoms. The number of hydrogen-bond acceptors (Lipinski definition) is 6. The smallest absolute Gasteiger partial charge is 0.313 e. The van der Waals surface area contributed by atoms with Crippen LogP contribution in [0.2, 0.25) is 0 Å². The van der Waals surface area contributed by atoms with Crippen molar-refractivity contribution in [1.82, 2.24) is 15.2 Å². The van der Waals surface area contributed by atoms with E-state index in [2.05, 4.69) is 20.5 Å². The molecule has 0 unspecified atom stereocenters. The first-order valence-corrected chi connectivity index (χ1v) is 9.46. The van der Waals surface area contributed by atoms with Gasteiger partial charge in [0.15, 0.2) is 0 Å². The number of benzene rings is 1. The van der Waals surface area contributed by atoms with Crippen LogP contribution >= 0.6 is 0 Å². The average Bonchev–Trinajstić information content (AvgIpc) is 2.74. The van der Waals surface area contributed by atoms with Crippen LogP contribution in [0.1, 0.15) is 18.4 Å². The van der Waals surface area contributed by atoms with E-state index in [-0.39, 0.29) is 5.69 Å². The SMILES string of the molecule is O=C(NCC1CCN(Cc2ccncc2)CC1)C(=O)Nc1ccc([N+](=O)[O-])cc1. The molecule has 1 saturated heterocycles. The molecular formula is C20H23N5O4. The zero-order chi connectivity index (χ0) is 20.6. The zero-order valence-corrected chi connectivity index (χ0v) is 15.9. The molecule has 0 spiro atoms. The summed E-state index contributed by atoms with van der Waals surface area (Å²) in [5, 5.41) is 15.8. The van der Waals surface area contributed by atoms with Crippen molar-refractivity contribution >= 4 is 23.2 Å². The minimum absolute atomic E-state index is 0.0808. The van der Waals surface area contributed by atoms with E-state index >= 15 is 0 Å². The summed E-state index contributed by atoms with van der Waals surface area (Å²) in [5.41, 5.74) is 1.48. The number of nitro groups is 1. The fourth-order valence-electron chi connectivity index (χ4n) is 3.27. The predicted octanol–water partition coefficient (Wildman–Crippen LogP) is 1.96. The van der Waals surface area contributed by atoms with Crippen molar-refractivity contribution < 1.29 is 14.5 Å². The number of hydrogen-bond donors (Lipinski definition) is 2. The molecule has 0 saturated carbocycles. The monoisotopic (exact) mass is 397 g/mol. The molecule has 0 atom stereocenters. The summed E-state index contributed by atoms with van der Waals surface area (Å²) in [6, 6.07) is 9.34. The van der Waals surface area contributed by atoms with Gasteiger partial charge in [0.1, 0.15) is 0 Å². The maximum Gasteiger partial charge on any atom is 0.313 e. The third-order valence-corrected chi connectivity index (χ3v) is 4.96. The number of likely N-dealkylation sites (tertiary alicyclic amines) is 1. The minimum Gasteiger partial charge on any atom is -0.348 e. The quantitative estimate of drug-likeness (QED) is 0.437. The summed E-state index contributed by atoms with van der Waals surface area (Å²) >= 11 is 0. The molecule has 1 aromatic heterocycles. The number of carbonyl (C=O) groups is 2. The highest BCUT2D eigenvalue weighted by Crippen LogP contribution is 2.18. The molecule has 1 aromatic carbocycles. The number of rotatable bonds is 6. The Bertz CT molecular complexity index is 849. The van der Waals surface area contributed by atoms with Crippen molar-refractivity contribution in [2.45, 2.75) is 19.4 Å². The Morgan fingerprint density at radius 3 is 2.34 bits per heavy atom. The van der Waals surface area contributed by atoms with Gasteiger partial charge in [-0.2, -0.15) is 0 Å². The summed E-state index contributed by atoms with van der Waals surface area (Å²) in [6.45, 7) is 3.23. The molecule has 152 valence electrons. The first-order chi connectivity index (χ1) is 14.0. The summed E-state index contributed by atoms with van der Waals surface area (Å²) < 4.78 is 0. The van der Waals surface area contributed by atoms with Crippen molar-refractivity contribution in [3.63, 3.8) is 0 Å². The second kappa shape index (κ2) is 9.74. The van der Waals surface area contributed by atoms with Gasteiger partial charge in [-0.3, -0.25) is 29.6 Å². The van der Waals surface area contributed by atoms with Crippen LogP contribution in [0.3, 0.4) is 0 Å². The highest BCUT2D eigenvalue weighted by Gasteiger charge is 2.21. The lowest BCUT2D eigenvalue weighted by atomic mass is 9.96. The molecule has 0 bridgehead atoms. The number of amides is 2. The van der Waals surface area contributed by atoms with Crippen LogP contribution in [0.4, 0.5) is 11.4 Å². The van der Waals surface area contributed by atoms with E-state index in [0.29, 0.717) is 18.2 Å². The maximum absolute atomic E-state index is 12.0. The van der Waals surface area contributed by atoms with Crippen LogP contribution in [0.15, 0.2) is 48.8 Å². The number of nitrogens with one attached hydrogen (secondary N) is 2. The summed E-state index contributed by atoms with van der Waals surface area (Å²) in [4.78, 5) is 40.5. The predicted molar refractivity (Wildman–Crippen MR) is 107 cm³/mol. The Hall–Kier alpha value is -3.33. The van der Waals surface area contributed by atoms with E-state index in [4.69, 9.17) is 0 Å². The fraction of sp³-hybridized carbons (Fsp3) is 0.350. The van der Waals surface area contributed by atoms with Crippen LogP contribution in [-0.4, -0.2) is 46.3 Å². The maximum atomic E-state index is 12.0. The topological polar surface area (TPSA) is 117 Å². The van der Waals surface area contributed by atoms with Gasteiger partial charge in [-0.05, 0) is 61.7 Å². The van der Waals surface area contributed by atoms with Crippen molar-refractivity contribution in [3.05, 3.63) is 64.5 Å². The van der Waals surface area contributed by atoms with Gasteiger partial charge in [-0.25, -0.2) is 0 Å². The largest absolute Gasteiger partial charge is 0.348 e. The number of nitro benzene ring substituents is 1. The molecule has 0 aliphatic carbocycles. The molecule has 1 fully saturated rings. The molecule has 1 aliphatic heterocycles. The molecule has 1 aliphatic rings. The van der Waals surface area contributed by atoms with Gasteiger partial charge in [0.25, 0.3) is 5.69 Å². The van der Waals surface area contributed by atoms with E-state index in [0.717, 1.165) is 32.5 Å². The number of non-ortho nitro benzene ring substituents is 1. The Balaban J connectivity index is 1.38. The highest BCUT2D eigenvalue weighted by atomic mass is 16.6. The van der Waals surface area contributed by atoms with Crippen molar-refractivity contribution in [2.24, 2.45) is 5.92 Å². The van der Waals surface area contributed by atoms with Crippen LogP contribution in [-0.2, 0) is 16.1 Å². The lowest BCUT2D eigenvalue weighted by Gasteiger charge is -2.32. The van der Waals surface area contributed by atoms with Gasteiger partial charge >= 0.3 is 11.8 Å². The molecular weight excluding hydrogens is 374 g/mol. The molecule has 2 aromatic rings. The number of pyridine rings is 1. The molecule has 0 radical (unpaired) electrons. The Morgan fingerprint density at radius 1 is 1.07 bits per heavy atom. The minimum atomic E-state index is -0.783. The molecule has 3 rings (SSSR count). The second-order valence-electron chi connectivity index (χ2n) is 7.04. The van der Waals surface area contributed by atoms with Crippen LogP contribution in [0.25, 0.3) is 0 Å². The Labute approximate surface area is 168 Å². The second-order valence-corrected chi connectivity index (χ2v) is 7.04. The van der Waals surface area contributed by atoms with Gasteiger partial charge < -0.3 is 10.6 Å². The van der Waals surface area contributed by atoms with Crippen LogP contribution in [0, 0.1) is 16.0 Å². The fourth-order valence-corrected chi connectivity index (χ4v) is 3.27. The van der Waals surface area contributed by atoms with E-state index < -0.39 is 16.7 Å². The molecule has 2 N–H and O–H groups in total. The average molecular weight is 397 g/mol. The third kappa shape index (κ3) is 6.08. The lowest BCUT2D eigenvalue weighted by Crippen LogP contribution is -2.41. The number of anilines is 1. The number of carbonyl (C=O) groups excluding carboxylic acids is 2. The number of nitrogens with zero attached hydrogens (tertiary/aromatic N) is 3. The van der Waals surface area contributed by atoms with Gasteiger partial charge in [-0.15, -0.1) is 0 Å². The molecule has 9 heteroatoms. The van der Waals surface area contributed by atoms with E-state index in [1.165, 1.54) is 29.8 Å². The first-order valence-electron chi connectivity index (χ1n) is 9.46. The normalized spacial score (nSPS) is 14.9. The van der Waals surface area contributed by atoms with Crippen molar-refractivity contribution in [1.29, 1.82) is 0 Å². The third-order valence-electron chi connectivity index (χ3n) is 4.96. The van der Waals surface area contributed by atoms with E-state index in [1.54, 1.807) is 12.4 Å². The summed E-state index contributed by atoms with van der Waals surface area (Å²) in [7, 11) is 0. The molecule has 9 nitrogen and oxygen atoms in total. The molecule has 2 amide bonds. The Kier molecular flexibility index (Phi) is 6.85. The van der Waals surface area contributed by atoms with E-state index in [9.17, 15) is 19.7 Å². The summed E-state index contributed by atoms with van der Waals surface area (Å²) in [5.74, 6) is -1.16. The number of piperidine rings is 1. The van der Waals surface area contributed by atoms with Gasteiger partial charge in [0.05, 0.1) is 4.92 Å². The van der Waals surface area contributed by atoms with Crippen molar-refractivity contribution in [2.75, 3.05) is 25.0 Å². The van der Waals surface area contributed by atoms with Crippen LogP contribution in [0.5, 0.6) is 0 Å². The molecule has 2 heterocycles. The lowest BCUT2D eigenvalue weighted by molar-refractivity contribution is -0.384. The van der Waals surface area contributed by atoms with Gasteiger partial charge in [-0.1, -0.05) is 0 Å². The Morgan fingerprint density at radius 2 is 1.72 bits per heavy atom. The van der Waals surface area contributed by atoms with Gasteiger partial charge in [0, 0.05) is 43.3 Å².